The van der Waals surface area contributed by atoms with E-state index in [0.717, 1.165) is 21.9 Å². The average molecular weight is 401 g/mol. The number of benzene rings is 1. The fraction of sp³-hybridized carbons (Fsp3) is 0.611. The summed E-state index contributed by atoms with van der Waals surface area (Å²) in [6, 6.07) is 3.93. The molecule has 0 radical (unpaired) electrons. The van der Waals surface area contributed by atoms with Gasteiger partial charge in [-0.1, -0.05) is 34.0 Å². The summed E-state index contributed by atoms with van der Waals surface area (Å²) >= 11 is 9.58. The SMILES string of the molecule is Cc1cc(Br)cc(Cl)c1OCC(=O)N[C@@H](C)[C@@H]1C[C@H]2CC[C@H]1C2. The van der Waals surface area contributed by atoms with E-state index >= 15 is 0 Å². The molecule has 0 spiro atoms. The van der Waals surface area contributed by atoms with Crippen molar-refractivity contribution in [2.24, 2.45) is 17.8 Å². The highest BCUT2D eigenvalue weighted by Gasteiger charge is 2.42. The van der Waals surface area contributed by atoms with Gasteiger partial charge in [0, 0.05) is 10.5 Å². The van der Waals surface area contributed by atoms with Gasteiger partial charge in [0.05, 0.1) is 5.02 Å². The molecule has 1 amide bonds. The van der Waals surface area contributed by atoms with Crippen LogP contribution in [-0.2, 0) is 4.79 Å². The maximum absolute atomic E-state index is 12.2. The quantitative estimate of drug-likeness (QED) is 0.776. The summed E-state index contributed by atoms with van der Waals surface area (Å²) < 4.78 is 6.55. The Bertz CT molecular complexity index is 584. The van der Waals surface area contributed by atoms with Gasteiger partial charge < -0.3 is 10.1 Å². The highest BCUT2D eigenvalue weighted by Crippen LogP contribution is 2.49. The van der Waals surface area contributed by atoms with Crippen LogP contribution in [0.1, 0.15) is 38.2 Å². The molecule has 2 bridgehead atoms. The Hall–Kier alpha value is -0.740. The van der Waals surface area contributed by atoms with E-state index in [1.807, 2.05) is 13.0 Å². The molecule has 2 fully saturated rings. The number of ether oxygens (including phenoxy) is 1. The van der Waals surface area contributed by atoms with Gasteiger partial charge in [0.2, 0.25) is 0 Å². The Morgan fingerprint density at radius 3 is 2.83 bits per heavy atom. The molecular formula is C18H23BrClNO2. The number of halogens is 2. The predicted octanol–water partition coefficient (Wildman–Crippen LogP) is 4.73. The molecule has 4 atom stereocenters. The lowest BCUT2D eigenvalue weighted by molar-refractivity contribution is -0.124. The summed E-state index contributed by atoms with van der Waals surface area (Å²) in [4.78, 5) is 12.2. The molecule has 1 aromatic carbocycles. The molecule has 0 aliphatic heterocycles. The lowest BCUT2D eigenvalue weighted by Crippen LogP contribution is -2.42. The van der Waals surface area contributed by atoms with Crippen molar-refractivity contribution in [3.05, 3.63) is 27.2 Å². The summed E-state index contributed by atoms with van der Waals surface area (Å²) in [6.07, 6.45) is 5.34. The van der Waals surface area contributed by atoms with E-state index in [0.29, 0.717) is 16.7 Å². The lowest BCUT2D eigenvalue weighted by atomic mass is 9.84. The van der Waals surface area contributed by atoms with Crippen LogP contribution in [0.3, 0.4) is 0 Å². The van der Waals surface area contributed by atoms with Gasteiger partial charge in [0.15, 0.2) is 6.61 Å². The van der Waals surface area contributed by atoms with Crippen LogP contribution < -0.4 is 10.1 Å². The molecule has 126 valence electrons. The first-order chi connectivity index (χ1) is 10.9. The minimum atomic E-state index is -0.0707. The van der Waals surface area contributed by atoms with Crippen LogP contribution in [0.15, 0.2) is 16.6 Å². The number of carbonyl (C=O) groups is 1. The van der Waals surface area contributed by atoms with Gasteiger partial charge in [-0.25, -0.2) is 0 Å². The molecule has 1 aromatic rings. The maximum atomic E-state index is 12.2. The molecular weight excluding hydrogens is 378 g/mol. The zero-order chi connectivity index (χ0) is 16.6. The van der Waals surface area contributed by atoms with E-state index in [2.05, 4.69) is 28.2 Å². The molecule has 3 nitrogen and oxygen atoms in total. The first-order valence-electron chi connectivity index (χ1n) is 8.32. The van der Waals surface area contributed by atoms with Gasteiger partial charge in [0.1, 0.15) is 5.75 Å². The predicted molar refractivity (Wildman–Crippen MR) is 95.9 cm³/mol. The Labute approximate surface area is 151 Å². The first kappa shape index (κ1) is 17.1. The van der Waals surface area contributed by atoms with Gasteiger partial charge >= 0.3 is 0 Å². The maximum Gasteiger partial charge on any atom is 0.258 e. The number of amides is 1. The van der Waals surface area contributed by atoms with E-state index in [1.54, 1.807) is 6.07 Å². The van der Waals surface area contributed by atoms with Crippen LogP contribution in [0.4, 0.5) is 0 Å². The second kappa shape index (κ2) is 7.02. The summed E-state index contributed by atoms with van der Waals surface area (Å²) in [5, 5.41) is 3.63. The summed E-state index contributed by atoms with van der Waals surface area (Å²) in [5.74, 6) is 2.84. The van der Waals surface area contributed by atoms with Crippen molar-refractivity contribution in [1.29, 1.82) is 0 Å². The Kier molecular flexibility index (Phi) is 5.22. The van der Waals surface area contributed by atoms with Gasteiger partial charge in [-0.15, -0.1) is 0 Å². The van der Waals surface area contributed by atoms with Crippen molar-refractivity contribution >= 4 is 33.4 Å². The van der Waals surface area contributed by atoms with Gasteiger partial charge in [-0.3, -0.25) is 4.79 Å². The fourth-order valence-corrected chi connectivity index (χ4v) is 5.34. The highest BCUT2D eigenvalue weighted by molar-refractivity contribution is 9.10. The van der Waals surface area contributed by atoms with Crippen LogP contribution in [0.2, 0.25) is 5.02 Å². The molecule has 2 aliphatic rings. The smallest absolute Gasteiger partial charge is 0.258 e. The van der Waals surface area contributed by atoms with E-state index in [9.17, 15) is 4.79 Å². The second-order valence-corrected chi connectivity index (χ2v) is 8.34. The molecule has 23 heavy (non-hydrogen) atoms. The number of hydrogen-bond donors (Lipinski definition) is 1. The van der Waals surface area contributed by atoms with Crippen LogP contribution in [-0.4, -0.2) is 18.6 Å². The summed E-state index contributed by atoms with van der Waals surface area (Å²) in [7, 11) is 0. The van der Waals surface area contributed by atoms with Gasteiger partial charge in [0.25, 0.3) is 5.91 Å². The summed E-state index contributed by atoms with van der Waals surface area (Å²) in [6.45, 7) is 4.05. The number of nitrogens with one attached hydrogen (secondary N) is 1. The van der Waals surface area contributed by atoms with Crippen molar-refractivity contribution in [3.8, 4) is 5.75 Å². The monoisotopic (exact) mass is 399 g/mol. The third kappa shape index (κ3) is 3.85. The molecule has 0 saturated heterocycles. The van der Waals surface area contributed by atoms with Crippen molar-refractivity contribution in [2.75, 3.05) is 6.61 Å². The van der Waals surface area contributed by atoms with Crippen molar-refractivity contribution in [1.82, 2.24) is 5.32 Å². The molecule has 0 unspecified atom stereocenters. The Morgan fingerprint density at radius 2 is 2.22 bits per heavy atom. The molecule has 1 N–H and O–H groups in total. The molecule has 2 saturated carbocycles. The number of rotatable bonds is 5. The number of fused-ring (bicyclic) bond motifs is 2. The van der Waals surface area contributed by atoms with Crippen LogP contribution in [0, 0.1) is 24.7 Å². The number of aryl methyl sites for hydroxylation is 1. The van der Waals surface area contributed by atoms with Crippen LogP contribution in [0.5, 0.6) is 5.75 Å². The van der Waals surface area contributed by atoms with Crippen LogP contribution >= 0.6 is 27.5 Å². The largest absolute Gasteiger partial charge is 0.482 e. The minimum absolute atomic E-state index is 0.00729. The topological polar surface area (TPSA) is 38.3 Å². The fourth-order valence-electron chi connectivity index (χ4n) is 4.32. The first-order valence-corrected chi connectivity index (χ1v) is 9.49. The Balaban J connectivity index is 1.52. The summed E-state index contributed by atoms with van der Waals surface area (Å²) in [5.41, 5.74) is 0.915. The minimum Gasteiger partial charge on any atom is -0.482 e. The number of carbonyl (C=O) groups excluding carboxylic acids is 1. The van der Waals surface area contributed by atoms with Gasteiger partial charge in [-0.2, -0.15) is 0 Å². The van der Waals surface area contributed by atoms with Gasteiger partial charge in [-0.05, 0) is 68.6 Å². The van der Waals surface area contributed by atoms with Crippen LogP contribution in [0.25, 0.3) is 0 Å². The zero-order valence-corrected chi connectivity index (χ0v) is 15.9. The van der Waals surface area contributed by atoms with E-state index in [1.165, 1.54) is 25.7 Å². The molecule has 2 aliphatic carbocycles. The molecule has 5 heteroatoms. The van der Waals surface area contributed by atoms with E-state index in [4.69, 9.17) is 16.3 Å². The second-order valence-electron chi connectivity index (χ2n) is 7.02. The van der Waals surface area contributed by atoms with Crippen molar-refractivity contribution in [3.63, 3.8) is 0 Å². The van der Waals surface area contributed by atoms with E-state index in [-0.39, 0.29) is 18.6 Å². The third-order valence-corrected chi connectivity index (χ3v) is 6.10. The number of hydrogen-bond acceptors (Lipinski definition) is 2. The zero-order valence-electron chi connectivity index (χ0n) is 13.6. The molecule has 0 aromatic heterocycles. The highest BCUT2D eigenvalue weighted by atomic mass is 79.9. The molecule has 0 heterocycles. The average Bonchev–Trinajstić information content (AvgIpc) is 3.08. The van der Waals surface area contributed by atoms with Crippen molar-refractivity contribution < 1.29 is 9.53 Å². The standard InChI is InChI=1S/C18H23BrClNO2/c1-10-5-14(19)8-16(20)18(10)23-9-17(22)21-11(2)15-7-12-3-4-13(15)6-12/h5,8,11-13,15H,3-4,6-7,9H2,1-2H3,(H,21,22)/t11-,12-,13-,15-/m0/s1. The molecule has 3 rings (SSSR count). The van der Waals surface area contributed by atoms with Crippen molar-refractivity contribution in [2.45, 2.75) is 45.6 Å². The third-order valence-electron chi connectivity index (χ3n) is 5.37. The van der Waals surface area contributed by atoms with E-state index < -0.39 is 0 Å². The normalized spacial score (nSPS) is 27.0. The Morgan fingerprint density at radius 1 is 1.43 bits per heavy atom. The lowest BCUT2D eigenvalue weighted by Gasteiger charge is -2.28.